The van der Waals surface area contributed by atoms with Gasteiger partial charge in [0.25, 0.3) is 0 Å². The van der Waals surface area contributed by atoms with E-state index in [4.69, 9.17) is 1.37 Å². The Kier molecular flexibility index (Phi) is 2.55. The van der Waals surface area contributed by atoms with Crippen molar-refractivity contribution in [3.8, 4) is 0 Å². The van der Waals surface area contributed by atoms with Gasteiger partial charge in [0.2, 0.25) is 6.02 Å². The number of benzene rings is 1. The molecule has 3 nitrogen and oxygen atoms in total. The Hall–Kier alpha value is -1.38. The molecule has 1 aromatic carbocycles. The molecule has 0 amide bonds. The van der Waals surface area contributed by atoms with Crippen molar-refractivity contribution in [1.29, 1.82) is 0 Å². The molecular weight excluding hydrogens is 166 g/mol. The first-order chi connectivity index (χ1) is 6.46. The molecule has 0 spiro atoms. The molecule has 0 unspecified atom stereocenters. The minimum absolute atomic E-state index is 0.418. The van der Waals surface area contributed by atoms with E-state index in [1.165, 1.54) is 6.92 Å². The Morgan fingerprint density at radius 1 is 1.38 bits per heavy atom. The van der Waals surface area contributed by atoms with Crippen molar-refractivity contribution in [3.63, 3.8) is 0 Å². The van der Waals surface area contributed by atoms with E-state index in [1.54, 1.807) is 19.1 Å². The third-order valence-corrected chi connectivity index (χ3v) is 2.21. The lowest BCUT2D eigenvalue weighted by atomic mass is 9.95. The maximum Gasteiger partial charge on any atom is 0.216 e. The Labute approximate surface area is 78.9 Å². The molecule has 0 heterocycles. The summed E-state index contributed by atoms with van der Waals surface area (Å²) < 4.78 is 7.63. The zero-order chi connectivity index (χ0) is 10.8. The van der Waals surface area contributed by atoms with Crippen molar-refractivity contribution in [1.82, 2.24) is 0 Å². The fourth-order valence-corrected chi connectivity index (χ4v) is 1.14. The topological polar surface area (TPSA) is 43.1 Å². The molecule has 0 bridgehead atoms. The average molecular weight is 180 g/mol. The lowest BCUT2D eigenvalue weighted by Crippen LogP contribution is -2.21. The van der Waals surface area contributed by atoms with Crippen LogP contribution in [0.5, 0.6) is 0 Å². The van der Waals surface area contributed by atoms with Gasteiger partial charge in [0.15, 0.2) is 0 Å². The quantitative estimate of drug-likeness (QED) is 0.529. The summed E-state index contributed by atoms with van der Waals surface area (Å²) >= 11 is 0. The summed E-state index contributed by atoms with van der Waals surface area (Å²) in [6, 6.07) is 7.44. The Balaban J connectivity index is 2.96. The van der Waals surface area contributed by atoms with Crippen LogP contribution in [0.1, 0.15) is 26.7 Å². The maximum absolute atomic E-state index is 10.7. The van der Waals surface area contributed by atoms with Crippen molar-refractivity contribution in [2.45, 2.75) is 25.8 Å². The average Bonchev–Trinajstić information content (AvgIpc) is 2.17. The first kappa shape index (κ1) is 8.23. The number of nitrogens with zero attached hydrogens (tertiary/aromatic N) is 1. The van der Waals surface area contributed by atoms with Gasteiger partial charge >= 0.3 is 0 Å². The van der Waals surface area contributed by atoms with Gasteiger partial charge in [0.05, 0.1) is 0 Å². The highest BCUT2D eigenvalue weighted by Crippen LogP contribution is 2.19. The van der Waals surface area contributed by atoms with Crippen LogP contribution >= 0.6 is 0 Å². The third kappa shape index (κ3) is 2.28. The van der Waals surface area contributed by atoms with Gasteiger partial charge in [-0.05, 0) is 5.56 Å². The van der Waals surface area contributed by atoms with E-state index in [0.717, 1.165) is 5.56 Å². The molecule has 0 saturated heterocycles. The van der Waals surface area contributed by atoms with E-state index < -0.39 is 16.9 Å². The molecule has 1 rings (SSSR count). The molecule has 0 saturated carbocycles. The smallest absolute Gasteiger partial charge is 0.216 e. The lowest BCUT2D eigenvalue weighted by Gasteiger charge is -2.12. The van der Waals surface area contributed by atoms with E-state index >= 15 is 0 Å². The molecule has 0 aliphatic carbocycles. The summed E-state index contributed by atoms with van der Waals surface area (Å²) in [6.07, 6.45) is 0. The molecule has 3 heteroatoms. The second-order valence-corrected chi connectivity index (χ2v) is 3.03. The van der Waals surface area contributed by atoms with E-state index in [-0.39, 0.29) is 0 Å². The summed E-state index contributed by atoms with van der Waals surface area (Å²) in [5, 5.41) is 10.7. The first-order valence-corrected chi connectivity index (χ1v) is 4.15. The van der Waals surface area contributed by atoms with E-state index in [0.29, 0.717) is 0 Å². The summed E-state index contributed by atoms with van der Waals surface area (Å²) in [5.74, 6) is -0.418. The van der Waals surface area contributed by atoms with Crippen molar-refractivity contribution in [2.24, 2.45) is 0 Å². The third-order valence-electron chi connectivity index (χ3n) is 2.21. The maximum atomic E-state index is 10.7. The van der Waals surface area contributed by atoms with E-state index in [2.05, 4.69) is 0 Å². The highest BCUT2D eigenvalue weighted by atomic mass is 16.6. The van der Waals surface area contributed by atoms with Crippen molar-refractivity contribution in [3.05, 3.63) is 46.0 Å². The minimum Gasteiger partial charge on any atom is -0.264 e. The number of rotatable bonds is 3. The van der Waals surface area contributed by atoms with Gasteiger partial charge in [-0.3, -0.25) is 10.1 Å². The van der Waals surface area contributed by atoms with Crippen molar-refractivity contribution >= 4 is 0 Å². The molecule has 0 aliphatic rings. The summed E-state index contributed by atoms with van der Waals surface area (Å²) in [5.41, 5.74) is 0.821. The first-order valence-electron chi connectivity index (χ1n) is 4.65. The Morgan fingerprint density at radius 3 is 2.38 bits per heavy atom. The fraction of sp³-hybridized carbons (Fsp3) is 0.400. The van der Waals surface area contributed by atoms with Crippen LogP contribution in [-0.2, 0) is 0 Å². The van der Waals surface area contributed by atoms with Crippen molar-refractivity contribution < 1.29 is 6.29 Å². The highest BCUT2D eigenvalue weighted by Gasteiger charge is 2.22. The normalized spacial score (nSPS) is 18.5. The van der Waals surface area contributed by atoms with Crippen LogP contribution in [0.15, 0.2) is 30.3 Å². The Morgan fingerprint density at radius 2 is 1.92 bits per heavy atom. The van der Waals surface area contributed by atoms with Crippen molar-refractivity contribution in [2.75, 3.05) is 0 Å². The van der Waals surface area contributed by atoms with Crippen LogP contribution < -0.4 is 0 Å². The molecule has 0 radical (unpaired) electrons. The molecule has 13 heavy (non-hydrogen) atoms. The largest absolute Gasteiger partial charge is 0.264 e. The molecule has 2 atom stereocenters. The van der Waals surface area contributed by atoms with Gasteiger partial charge in [-0.15, -0.1) is 0 Å². The summed E-state index contributed by atoms with van der Waals surface area (Å²) in [6.45, 7) is 3.02. The highest BCUT2D eigenvalue weighted by molar-refractivity contribution is 5.19. The van der Waals surface area contributed by atoms with Gasteiger partial charge in [-0.1, -0.05) is 37.3 Å². The molecule has 0 aliphatic heterocycles. The van der Waals surface area contributed by atoms with E-state index in [1.807, 2.05) is 18.2 Å². The van der Waals surface area contributed by atoms with Gasteiger partial charge in [0.1, 0.15) is 1.37 Å². The summed E-state index contributed by atoms with van der Waals surface area (Å²) in [7, 11) is 0. The minimum atomic E-state index is -1.67. The Bertz CT molecular complexity index is 324. The monoisotopic (exact) mass is 180 g/mol. The molecule has 0 N–H and O–H groups in total. The molecule has 1 aromatic rings. The lowest BCUT2D eigenvalue weighted by molar-refractivity contribution is -0.521. The zero-order valence-electron chi connectivity index (χ0n) is 8.73. The van der Waals surface area contributed by atoms with Crippen LogP contribution in [0.4, 0.5) is 0 Å². The molecular formula is C10H13NO2. The van der Waals surface area contributed by atoms with E-state index in [9.17, 15) is 10.1 Å². The molecule has 70 valence electrons. The van der Waals surface area contributed by atoms with Crippen LogP contribution in [0.3, 0.4) is 0 Å². The predicted octanol–water partition coefficient (Wildman–Crippen LogP) is 2.46. The van der Waals surface area contributed by atoms with Gasteiger partial charge in [0, 0.05) is 17.8 Å². The van der Waals surface area contributed by atoms with Gasteiger partial charge < -0.3 is 0 Å². The fourth-order valence-electron chi connectivity index (χ4n) is 1.14. The van der Waals surface area contributed by atoms with Crippen LogP contribution in [-0.4, -0.2) is 10.9 Å². The van der Waals surface area contributed by atoms with Gasteiger partial charge in [-0.2, -0.15) is 0 Å². The number of nitro groups is 1. The molecule has 0 aromatic heterocycles. The summed E-state index contributed by atoms with van der Waals surface area (Å²) in [4.78, 5) is 10.1. The SMILES string of the molecule is [2H][C@](C)([C@H](C)c1ccccc1)[N+](=O)[O-]. The zero-order valence-corrected chi connectivity index (χ0v) is 7.73. The standard InChI is InChI=1S/C10H13NO2/c1-8(9(2)11(12)13)10-6-4-3-5-7-10/h3-9H,1-2H3/t8-,9-/m0/s1/i9D. The predicted molar refractivity (Wildman–Crippen MR) is 51.3 cm³/mol. The van der Waals surface area contributed by atoms with Crippen LogP contribution in [0.25, 0.3) is 0 Å². The second kappa shape index (κ2) is 4.03. The van der Waals surface area contributed by atoms with Crippen LogP contribution in [0.2, 0.25) is 0 Å². The second-order valence-electron chi connectivity index (χ2n) is 3.03. The van der Waals surface area contributed by atoms with Gasteiger partial charge in [-0.25, -0.2) is 0 Å². The number of hydrogen-bond acceptors (Lipinski definition) is 2. The van der Waals surface area contributed by atoms with Crippen LogP contribution in [0, 0.1) is 10.1 Å². The molecule has 0 fully saturated rings. The number of hydrogen-bond donors (Lipinski definition) is 0.